The minimum absolute atomic E-state index is 0.110. The average molecular weight is 295 g/mol. The Kier molecular flexibility index (Phi) is 4.07. The maximum Gasteiger partial charge on any atom is 0.358 e. The fourth-order valence-electron chi connectivity index (χ4n) is 1.57. The molecule has 2 N–H and O–H groups in total. The van der Waals surface area contributed by atoms with Gasteiger partial charge in [-0.05, 0) is 6.07 Å². The van der Waals surface area contributed by atoms with Crippen molar-refractivity contribution >= 4 is 17.3 Å². The van der Waals surface area contributed by atoms with Crippen LogP contribution in [0.1, 0.15) is 10.5 Å². The molecule has 110 valence electrons. The number of nitro benzene ring substituents is 1. The lowest BCUT2D eigenvalue weighted by Gasteiger charge is -2.07. The second-order valence-corrected chi connectivity index (χ2v) is 4.02. The summed E-state index contributed by atoms with van der Waals surface area (Å²) in [4.78, 5) is 20.4. The number of halogens is 1. The Morgan fingerprint density at radius 3 is 2.86 bits per heavy atom. The number of nitro groups is 1. The number of aromatic carboxylic acids is 1. The van der Waals surface area contributed by atoms with Crippen LogP contribution in [0.25, 0.3) is 0 Å². The second kappa shape index (κ2) is 5.94. The highest BCUT2D eigenvalue weighted by molar-refractivity contribution is 5.84. The minimum Gasteiger partial charge on any atom is -0.476 e. The van der Waals surface area contributed by atoms with Gasteiger partial charge in [0.1, 0.15) is 0 Å². The molecule has 0 aliphatic heterocycles. The molecule has 0 radical (unpaired) electrons. The number of carbonyl (C=O) groups is 1. The van der Waals surface area contributed by atoms with E-state index in [2.05, 4.69) is 15.6 Å². The summed E-state index contributed by atoms with van der Waals surface area (Å²) < 4.78 is 14.9. The zero-order chi connectivity index (χ0) is 15.4. The maximum absolute atomic E-state index is 13.6. The van der Waals surface area contributed by atoms with Gasteiger partial charge in [-0.15, -0.1) is 5.10 Å². The number of nitrogens with zero attached hydrogens (tertiary/aromatic N) is 4. The number of carboxylic acids is 1. The molecule has 10 heteroatoms. The number of rotatable bonds is 6. The lowest BCUT2D eigenvalue weighted by atomic mass is 10.2. The van der Waals surface area contributed by atoms with Crippen molar-refractivity contribution in [1.82, 2.24) is 15.0 Å². The highest BCUT2D eigenvalue weighted by atomic mass is 19.1. The van der Waals surface area contributed by atoms with E-state index in [4.69, 9.17) is 5.11 Å². The lowest BCUT2D eigenvalue weighted by molar-refractivity contribution is -0.385. The molecule has 0 fully saturated rings. The van der Waals surface area contributed by atoms with Crippen molar-refractivity contribution in [3.63, 3.8) is 0 Å². The Balaban J connectivity index is 1.93. The highest BCUT2D eigenvalue weighted by Crippen LogP contribution is 2.20. The van der Waals surface area contributed by atoms with E-state index in [9.17, 15) is 19.3 Å². The second-order valence-electron chi connectivity index (χ2n) is 4.02. The van der Waals surface area contributed by atoms with E-state index in [1.54, 1.807) is 0 Å². The van der Waals surface area contributed by atoms with Crippen LogP contribution in [0.5, 0.6) is 0 Å². The molecule has 21 heavy (non-hydrogen) atoms. The van der Waals surface area contributed by atoms with Crippen molar-refractivity contribution in [2.24, 2.45) is 0 Å². The molecule has 1 aromatic carbocycles. The zero-order valence-electron chi connectivity index (χ0n) is 10.6. The van der Waals surface area contributed by atoms with Crippen LogP contribution in [0.4, 0.5) is 15.8 Å². The van der Waals surface area contributed by atoms with E-state index >= 15 is 0 Å². The Morgan fingerprint density at radius 2 is 2.29 bits per heavy atom. The fraction of sp³-hybridized carbons (Fsp3) is 0.182. The number of benzene rings is 1. The Bertz CT molecular complexity index is 687. The van der Waals surface area contributed by atoms with Gasteiger partial charge in [0.25, 0.3) is 5.69 Å². The molecule has 0 spiro atoms. The van der Waals surface area contributed by atoms with Gasteiger partial charge in [0.2, 0.25) is 0 Å². The third kappa shape index (κ3) is 3.49. The van der Waals surface area contributed by atoms with Crippen LogP contribution in [-0.4, -0.2) is 37.5 Å². The van der Waals surface area contributed by atoms with Crippen molar-refractivity contribution in [3.8, 4) is 0 Å². The van der Waals surface area contributed by atoms with Crippen LogP contribution in [-0.2, 0) is 6.54 Å². The summed E-state index contributed by atoms with van der Waals surface area (Å²) in [6, 6.07) is 3.27. The highest BCUT2D eigenvalue weighted by Gasteiger charge is 2.11. The van der Waals surface area contributed by atoms with Gasteiger partial charge in [-0.1, -0.05) is 5.21 Å². The number of anilines is 1. The number of non-ortho nitro benzene ring substituents is 1. The maximum atomic E-state index is 13.6. The Morgan fingerprint density at radius 1 is 1.52 bits per heavy atom. The third-order valence-electron chi connectivity index (χ3n) is 2.58. The van der Waals surface area contributed by atoms with E-state index in [1.165, 1.54) is 23.0 Å². The van der Waals surface area contributed by atoms with Crippen molar-refractivity contribution in [2.45, 2.75) is 6.54 Å². The molecule has 9 nitrogen and oxygen atoms in total. The van der Waals surface area contributed by atoms with Crippen molar-refractivity contribution in [2.75, 3.05) is 11.9 Å². The largest absolute Gasteiger partial charge is 0.476 e. The first kappa shape index (κ1) is 14.4. The van der Waals surface area contributed by atoms with Gasteiger partial charge in [-0.2, -0.15) is 0 Å². The van der Waals surface area contributed by atoms with E-state index in [0.717, 1.165) is 6.07 Å². The van der Waals surface area contributed by atoms with E-state index < -0.39 is 16.7 Å². The van der Waals surface area contributed by atoms with Crippen LogP contribution in [0.2, 0.25) is 0 Å². The first-order chi connectivity index (χ1) is 9.97. The monoisotopic (exact) mass is 295 g/mol. The number of hydrogen-bond donors (Lipinski definition) is 2. The minimum atomic E-state index is -1.18. The first-order valence-electron chi connectivity index (χ1n) is 5.78. The van der Waals surface area contributed by atoms with Gasteiger partial charge < -0.3 is 10.4 Å². The summed E-state index contributed by atoms with van der Waals surface area (Å²) in [6.07, 6.45) is 1.25. The summed E-state index contributed by atoms with van der Waals surface area (Å²) in [5.41, 5.74) is -0.406. The van der Waals surface area contributed by atoms with E-state index in [0.29, 0.717) is 0 Å². The molecule has 0 aliphatic carbocycles. The predicted molar refractivity (Wildman–Crippen MR) is 68.5 cm³/mol. The molecule has 0 atom stereocenters. The molecular weight excluding hydrogens is 285 g/mol. The molecule has 0 amide bonds. The van der Waals surface area contributed by atoms with Gasteiger partial charge in [-0.25, -0.2) is 13.9 Å². The molecular formula is C11H10FN5O4. The molecule has 2 aromatic rings. The zero-order valence-corrected chi connectivity index (χ0v) is 10.6. The van der Waals surface area contributed by atoms with Crippen LogP contribution < -0.4 is 5.32 Å². The van der Waals surface area contributed by atoms with Crippen LogP contribution in [0, 0.1) is 15.9 Å². The number of aromatic nitrogens is 3. The SMILES string of the molecule is O=C(O)c1cn(CCNc2ccc([N+](=O)[O-])cc2F)nn1. The van der Waals surface area contributed by atoms with E-state index in [1.807, 2.05) is 0 Å². The van der Waals surface area contributed by atoms with Crippen LogP contribution in [0.15, 0.2) is 24.4 Å². The van der Waals surface area contributed by atoms with E-state index in [-0.39, 0.29) is 30.2 Å². The smallest absolute Gasteiger partial charge is 0.358 e. The quantitative estimate of drug-likeness (QED) is 0.604. The van der Waals surface area contributed by atoms with Gasteiger partial charge in [0.15, 0.2) is 11.5 Å². The number of hydrogen-bond acceptors (Lipinski definition) is 6. The molecule has 0 unspecified atom stereocenters. The van der Waals surface area contributed by atoms with Crippen molar-refractivity contribution < 1.29 is 19.2 Å². The first-order valence-corrected chi connectivity index (χ1v) is 5.78. The molecule has 0 saturated carbocycles. The topological polar surface area (TPSA) is 123 Å². The predicted octanol–water partition coefficient (Wildman–Crippen LogP) is 1.14. The van der Waals surface area contributed by atoms with Gasteiger partial charge in [0.05, 0.1) is 29.4 Å². The molecule has 2 rings (SSSR count). The summed E-state index contributed by atoms with van der Waals surface area (Å²) in [7, 11) is 0. The lowest BCUT2D eigenvalue weighted by Crippen LogP contribution is -2.12. The fourth-order valence-corrected chi connectivity index (χ4v) is 1.57. The number of nitrogens with one attached hydrogen (secondary N) is 1. The molecule has 0 aliphatic rings. The summed E-state index contributed by atoms with van der Waals surface area (Å²) in [6.45, 7) is 0.508. The van der Waals surface area contributed by atoms with Crippen LogP contribution in [0.3, 0.4) is 0 Å². The summed E-state index contributed by atoms with van der Waals surface area (Å²) in [5.74, 6) is -1.93. The average Bonchev–Trinajstić information content (AvgIpc) is 2.89. The van der Waals surface area contributed by atoms with Gasteiger partial charge in [-0.3, -0.25) is 10.1 Å². The molecule has 0 saturated heterocycles. The number of carboxylic acid groups (broad SMARTS) is 1. The standard InChI is InChI=1S/C11H10FN5O4/c12-8-5-7(17(20)21)1-2-9(8)13-3-4-16-6-10(11(18)19)14-15-16/h1-2,5-6,13H,3-4H2,(H,18,19). The Labute approximate surface area is 117 Å². The molecule has 1 aromatic heterocycles. The summed E-state index contributed by atoms with van der Waals surface area (Å²) >= 11 is 0. The van der Waals surface area contributed by atoms with Crippen molar-refractivity contribution in [3.05, 3.63) is 46.0 Å². The molecule has 1 heterocycles. The van der Waals surface area contributed by atoms with Crippen LogP contribution >= 0.6 is 0 Å². The normalized spacial score (nSPS) is 10.3. The van der Waals surface area contributed by atoms with Gasteiger partial charge >= 0.3 is 5.97 Å². The van der Waals surface area contributed by atoms with Gasteiger partial charge in [0, 0.05) is 12.6 Å². The molecule has 0 bridgehead atoms. The van der Waals surface area contributed by atoms with Crippen molar-refractivity contribution in [1.29, 1.82) is 0 Å². The Hall–Kier alpha value is -3.04. The third-order valence-corrected chi connectivity index (χ3v) is 2.58. The summed E-state index contributed by atoms with van der Waals surface area (Å²) in [5, 5.41) is 28.9.